The third-order valence-corrected chi connectivity index (χ3v) is 1.59. The summed E-state index contributed by atoms with van der Waals surface area (Å²) in [7, 11) is 3.63. The van der Waals surface area contributed by atoms with Crippen LogP contribution in [0.2, 0.25) is 0 Å². The number of amides is 1. The van der Waals surface area contributed by atoms with Gasteiger partial charge in [-0.2, -0.15) is 5.10 Å². The lowest BCUT2D eigenvalue weighted by Gasteiger charge is -2.00. The van der Waals surface area contributed by atoms with Gasteiger partial charge in [0.05, 0.1) is 11.9 Å². The summed E-state index contributed by atoms with van der Waals surface area (Å²) >= 11 is 0. The fourth-order valence-corrected chi connectivity index (χ4v) is 0.948. The maximum absolute atomic E-state index is 11.2. The molecule has 0 radical (unpaired) electrons. The average molecular weight is 182 g/mol. The van der Waals surface area contributed by atoms with Crippen LogP contribution in [-0.4, -0.2) is 29.3 Å². The minimum absolute atomic E-state index is 0.00218. The number of carbonyl (C=O) groups is 1. The van der Waals surface area contributed by atoms with Crippen molar-refractivity contribution in [1.82, 2.24) is 15.1 Å². The van der Waals surface area contributed by atoms with Crippen LogP contribution in [0.1, 0.15) is 6.42 Å². The normalized spacial score (nSPS) is 10.0. The van der Waals surface area contributed by atoms with Gasteiger partial charge in [-0.25, -0.2) is 0 Å². The first-order valence-electron chi connectivity index (χ1n) is 4.15. The zero-order valence-corrected chi connectivity index (χ0v) is 7.87. The van der Waals surface area contributed by atoms with Crippen LogP contribution in [0.25, 0.3) is 0 Å². The molecule has 1 rings (SSSR count). The molecule has 1 aromatic heterocycles. The van der Waals surface area contributed by atoms with Crippen LogP contribution in [0.3, 0.4) is 0 Å². The SMILES string of the molecule is CNCCC(=O)Nc1cnn(C)c1. The Morgan fingerprint density at radius 2 is 2.46 bits per heavy atom. The Hall–Kier alpha value is -1.36. The first kappa shape index (κ1) is 9.73. The maximum atomic E-state index is 11.2. The lowest BCUT2D eigenvalue weighted by Crippen LogP contribution is -2.18. The Morgan fingerprint density at radius 3 is 3.00 bits per heavy atom. The molecule has 0 unspecified atom stereocenters. The molecule has 2 N–H and O–H groups in total. The van der Waals surface area contributed by atoms with Crippen LogP contribution in [-0.2, 0) is 11.8 Å². The molecule has 0 aliphatic rings. The van der Waals surface area contributed by atoms with Gasteiger partial charge in [-0.3, -0.25) is 9.48 Å². The molecule has 0 aromatic carbocycles. The van der Waals surface area contributed by atoms with E-state index >= 15 is 0 Å². The third-order valence-electron chi connectivity index (χ3n) is 1.59. The Morgan fingerprint density at radius 1 is 1.69 bits per heavy atom. The van der Waals surface area contributed by atoms with Gasteiger partial charge >= 0.3 is 0 Å². The molecule has 5 nitrogen and oxygen atoms in total. The molecule has 72 valence electrons. The maximum Gasteiger partial charge on any atom is 0.225 e. The number of nitrogens with one attached hydrogen (secondary N) is 2. The molecule has 0 saturated carbocycles. The van der Waals surface area contributed by atoms with E-state index in [1.54, 1.807) is 17.1 Å². The number of anilines is 1. The van der Waals surface area contributed by atoms with Gasteiger partial charge in [-0.15, -0.1) is 0 Å². The van der Waals surface area contributed by atoms with E-state index in [-0.39, 0.29) is 5.91 Å². The standard InChI is InChI=1S/C8H14N4O/c1-9-4-3-8(13)11-7-5-10-12(2)6-7/h5-6,9H,3-4H2,1-2H3,(H,11,13). The molecule has 5 heteroatoms. The topological polar surface area (TPSA) is 59.0 Å². The molecular formula is C8H14N4O. The van der Waals surface area contributed by atoms with Crippen molar-refractivity contribution in [2.24, 2.45) is 7.05 Å². The number of hydrogen-bond acceptors (Lipinski definition) is 3. The molecule has 1 amide bonds. The predicted molar refractivity (Wildman–Crippen MR) is 50.4 cm³/mol. The van der Waals surface area contributed by atoms with Crippen molar-refractivity contribution in [3.05, 3.63) is 12.4 Å². The number of aryl methyl sites for hydroxylation is 1. The molecule has 13 heavy (non-hydrogen) atoms. The van der Waals surface area contributed by atoms with Gasteiger partial charge in [0, 0.05) is 26.2 Å². The van der Waals surface area contributed by atoms with E-state index in [1.165, 1.54) is 0 Å². The predicted octanol–water partition coefficient (Wildman–Crippen LogP) is -0.0319. The van der Waals surface area contributed by atoms with Crippen LogP contribution in [0.4, 0.5) is 5.69 Å². The van der Waals surface area contributed by atoms with Gasteiger partial charge in [-0.05, 0) is 7.05 Å². The average Bonchev–Trinajstić information content (AvgIpc) is 2.48. The lowest BCUT2D eigenvalue weighted by molar-refractivity contribution is -0.116. The number of nitrogens with zero attached hydrogens (tertiary/aromatic N) is 2. The van der Waals surface area contributed by atoms with Crippen molar-refractivity contribution in [2.45, 2.75) is 6.42 Å². The summed E-state index contributed by atoms with van der Waals surface area (Å²) in [6.45, 7) is 0.687. The van der Waals surface area contributed by atoms with E-state index in [1.807, 2.05) is 14.1 Å². The number of aromatic nitrogens is 2. The smallest absolute Gasteiger partial charge is 0.225 e. The third kappa shape index (κ3) is 3.25. The first-order valence-corrected chi connectivity index (χ1v) is 4.15. The van der Waals surface area contributed by atoms with Crippen LogP contribution < -0.4 is 10.6 Å². The number of rotatable bonds is 4. The Balaban J connectivity index is 2.36. The summed E-state index contributed by atoms with van der Waals surface area (Å²) in [6, 6.07) is 0. The molecule has 0 fully saturated rings. The largest absolute Gasteiger partial charge is 0.323 e. The second-order valence-corrected chi connectivity index (χ2v) is 2.80. The van der Waals surface area contributed by atoms with Gasteiger partial charge in [-0.1, -0.05) is 0 Å². The molecular weight excluding hydrogens is 168 g/mol. The first-order chi connectivity index (χ1) is 6.22. The van der Waals surface area contributed by atoms with Gasteiger partial charge in [0.25, 0.3) is 0 Å². The summed E-state index contributed by atoms with van der Waals surface area (Å²) in [5.41, 5.74) is 0.739. The van der Waals surface area contributed by atoms with Gasteiger partial charge < -0.3 is 10.6 Å². The highest BCUT2D eigenvalue weighted by Crippen LogP contribution is 2.03. The van der Waals surface area contributed by atoms with Gasteiger partial charge in [0.1, 0.15) is 0 Å². The second kappa shape index (κ2) is 4.61. The molecule has 0 saturated heterocycles. The Labute approximate surface area is 77.1 Å². The summed E-state index contributed by atoms with van der Waals surface area (Å²) < 4.78 is 1.65. The van der Waals surface area contributed by atoms with E-state index in [0.717, 1.165) is 5.69 Å². The molecule has 1 heterocycles. The van der Waals surface area contributed by atoms with Gasteiger partial charge in [0.15, 0.2) is 0 Å². The van der Waals surface area contributed by atoms with Crippen LogP contribution in [0.15, 0.2) is 12.4 Å². The van der Waals surface area contributed by atoms with E-state index in [2.05, 4.69) is 15.7 Å². The molecule has 0 aliphatic heterocycles. The summed E-state index contributed by atoms with van der Waals surface area (Å²) in [4.78, 5) is 11.2. The van der Waals surface area contributed by atoms with Crippen LogP contribution in [0.5, 0.6) is 0 Å². The summed E-state index contributed by atoms with van der Waals surface area (Å²) in [6.07, 6.45) is 3.86. The molecule has 1 aromatic rings. The summed E-state index contributed by atoms with van der Waals surface area (Å²) in [5.74, 6) is 0.00218. The summed E-state index contributed by atoms with van der Waals surface area (Å²) in [5, 5.41) is 9.58. The van der Waals surface area contributed by atoms with Crippen LogP contribution in [0, 0.1) is 0 Å². The minimum atomic E-state index is 0.00218. The molecule has 0 aliphatic carbocycles. The number of hydrogen-bond donors (Lipinski definition) is 2. The zero-order chi connectivity index (χ0) is 9.68. The molecule has 0 spiro atoms. The minimum Gasteiger partial charge on any atom is -0.323 e. The quantitative estimate of drug-likeness (QED) is 0.687. The van der Waals surface area contributed by atoms with E-state index in [4.69, 9.17) is 0 Å². The Bertz CT molecular complexity index is 281. The highest BCUT2D eigenvalue weighted by molar-refractivity contribution is 5.90. The number of carbonyl (C=O) groups excluding carboxylic acids is 1. The van der Waals surface area contributed by atoms with E-state index < -0.39 is 0 Å². The zero-order valence-electron chi connectivity index (χ0n) is 7.87. The highest BCUT2D eigenvalue weighted by atomic mass is 16.1. The van der Waals surface area contributed by atoms with E-state index in [9.17, 15) is 4.79 Å². The van der Waals surface area contributed by atoms with Gasteiger partial charge in [0.2, 0.25) is 5.91 Å². The van der Waals surface area contributed by atoms with Crippen molar-refractivity contribution < 1.29 is 4.79 Å². The van der Waals surface area contributed by atoms with E-state index in [0.29, 0.717) is 13.0 Å². The van der Waals surface area contributed by atoms with Crippen molar-refractivity contribution in [2.75, 3.05) is 18.9 Å². The van der Waals surface area contributed by atoms with Crippen molar-refractivity contribution in [1.29, 1.82) is 0 Å². The molecule has 0 bridgehead atoms. The second-order valence-electron chi connectivity index (χ2n) is 2.80. The van der Waals surface area contributed by atoms with Crippen LogP contribution >= 0.6 is 0 Å². The monoisotopic (exact) mass is 182 g/mol. The molecule has 0 atom stereocenters. The fourth-order valence-electron chi connectivity index (χ4n) is 0.948. The van der Waals surface area contributed by atoms with Crippen molar-refractivity contribution in [3.63, 3.8) is 0 Å². The van der Waals surface area contributed by atoms with Crippen molar-refractivity contribution >= 4 is 11.6 Å². The van der Waals surface area contributed by atoms with Crippen molar-refractivity contribution in [3.8, 4) is 0 Å². The highest BCUT2D eigenvalue weighted by Gasteiger charge is 2.01. The fraction of sp³-hybridized carbons (Fsp3) is 0.500. The Kier molecular flexibility index (Phi) is 3.45. The lowest BCUT2D eigenvalue weighted by atomic mass is 10.4.